The number of ether oxygens (including phenoxy) is 1. The Morgan fingerprint density at radius 3 is 2.93 bits per heavy atom. The highest BCUT2D eigenvalue weighted by Gasteiger charge is 2.25. The molecule has 0 bridgehead atoms. The number of nitrogens with zero attached hydrogens (tertiary/aromatic N) is 4. The van der Waals surface area contributed by atoms with Gasteiger partial charge in [-0.2, -0.15) is 5.06 Å². The summed E-state index contributed by atoms with van der Waals surface area (Å²) in [6.45, 7) is 2.35. The summed E-state index contributed by atoms with van der Waals surface area (Å²) in [5.41, 5.74) is 4.74. The molecule has 2 aromatic heterocycles. The Morgan fingerprint density at radius 2 is 2.07 bits per heavy atom. The second kappa shape index (κ2) is 7.81. The maximum absolute atomic E-state index is 6.03. The molecule has 8 nitrogen and oxygen atoms in total. The van der Waals surface area contributed by atoms with E-state index in [2.05, 4.69) is 31.7 Å². The van der Waals surface area contributed by atoms with Crippen molar-refractivity contribution in [1.82, 2.24) is 25.6 Å². The van der Waals surface area contributed by atoms with Crippen molar-refractivity contribution in [3.05, 3.63) is 47.7 Å². The predicted molar refractivity (Wildman–Crippen MR) is 108 cm³/mol. The normalized spacial score (nSPS) is 16.0. The number of nitrogens with one attached hydrogen (secondary N) is 1. The van der Waals surface area contributed by atoms with Gasteiger partial charge in [0, 0.05) is 36.9 Å². The van der Waals surface area contributed by atoms with Gasteiger partial charge in [0.1, 0.15) is 11.3 Å². The summed E-state index contributed by atoms with van der Waals surface area (Å²) in [6, 6.07) is 12.0. The van der Waals surface area contributed by atoms with Crippen molar-refractivity contribution < 1.29 is 14.1 Å². The van der Waals surface area contributed by atoms with Gasteiger partial charge in [0.15, 0.2) is 5.58 Å². The molecule has 150 valence electrons. The lowest BCUT2D eigenvalue weighted by molar-refractivity contribution is -0.169. The van der Waals surface area contributed by atoms with E-state index < -0.39 is 0 Å². The SMILES string of the molecule is COc1cc(CCON2CCC(c3noc4ccccc34)CC2)c2nn[nH]c2c1. The monoisotopic (exact) mass is 393 g/mol. The van der Waals surface area contributed by atoms with E-state index >= 15 is 0 Å². The van der Waals surface area contributed by atoms with Gasteiger partial charge in [-0.3, -0.25) is 9.94 Å². The van der Waals surface area contributed by atoms with Gasteiger partial charge in [0.2, 0.25) is 0 Å². The predicted octanol–water partition coefficient (Wildman–Crippen LogP) is 3.46. The van der Waals surface area contributed by atoms with E-state index in [4.69, 9.17) is 14.1 Å². The number of hydroxylamine groups is 2. The van der Waals surface area contributed by atoms with Gasteiger partial charge in [0.05, 0.1) is 24.9 Å². The number of benzene rings is 2. The molecule has 0 amide bonds. The number of aromatic amines is 1. The van der Waals surface area contributed by atoms with Crippen LogP contribution in [-0.2, 0) is 11.3 Å². The molecule has 5 rings (SSSR count). The van der Waals surface area contributed by atoms with Crippen molar-refractivity contribution in [2.24, 2.45) is 0 Å². The highest BCUT2D eigenvalue weighted by Crippen LogP contribution is 2.32. The molecule has 4 aromatic rings. The minimum absolute atomic E-state index is 0.409. The Balaban J connectivity index is 1.17. The first-order valence-electron chi connectivity index (χ1n) is 9.91. The fraction of sp³-hybridized carbons (Fsp3) is 0.381. The number of para-hydroxylation sites is 1. The van der Waals surface area contributed by atoms with Crippen molar-refractivity contribution in [1.29, 1.82) is 0 Å². The van der Waals surface area contributed by atoms with E-state index in [9.17, 15) is 0 Å². The Kier molecular flexibility index (Phi) is 4.87. The summed E-state index contributed by atoms with van der Waals surface area (Å²) < 4.78 is 10.8. The van der Waals surface area contributed by atoms with E-state index in [0.29, 0.717) is 12.5 Å². The molecular formula is C21H23N5O3. The standard InChI is InChI=1S/C21H23N5O3/c1-27-16-12-15(21-18(13-16)22-25-23-21)8-11-28-26-9-6-14(7-10-26)20-17-4-2-3-5-19(17)29-24-20/h2-5,12-14H,6-11H2,1H3,(H,22,23,25). The first-order valence-corrected chi connectivity index (χ1v) is 9.91. The molecule has 0 radical (unpaired) electrons. The molecule has 8 heteroatoms. The first-order chi connectivity index (χ1) is 14.3. The zero-order valence-corrected chi connectivity index (χ0v) is 16.3. The van der Waals surface area contributed by atoms with Crippen molar-refractivity contribution in [3.63, 3.8) is 0 Å². The van der Waals surface area contributed by atoms with E-state index in [1.165, 1.54) is 0 Å². The number of piperidine rings is 1. The van der Waals surface area contributed by atoms with Crippen molar-refractivity contribution >= 4 is 22.0 Å². The number of aromatic nitrogens is 4. The molecule has 1 aliphatic rings. The summed E-state index contributed by atoms with van der Waals surface area (Å²) in [4.78, 5) is 6.03. The van der Waals surface area contributed by atoms with Gasteiger partial charge >= 0.3 is 0 Å². The molecule has 1 fully saturated rings. The highest BCUT2D eigenvalue weighted by molar-refractivity contribution is 5.80. The first kappa shape index (κ1) is 18.1. The van der Waals surface area contributed by atoms with E-state index in [0.717, 1.165) is 71.4 Å². The lowest BCUT2D eigenvalue weighted by Crippen LogP contribution is -2.33. The summed E-state index contributed by atoms with van der Waals surface area (Å²) in [6.07, 6.45) is 2.75. The second-order valence-electron chi connectivity index (χ2n) is 7.34. The van der Waals surface area contributed by atoms with Crippen LogP contribution < -0.4 is 4.74 Å². The molecule has 29 heavy (non-hydrogen) atoms. The molecule has 3 heterocycles. The number of H-pyrrole nitrogens is 1. The number of fused-ring (bicyclic) bond motifs is 2. The summed E-state index contributed by atoms with van der Waals surface area (Å²) in [5.74, 6) is 1.20. The van der Waals surface area contributed by atoms with E-state index in [-0.39, 0.29) is 0 Å². The molecule has 1 N–H and O–H groups in total. The van der Waals surface area contributed by atoms with E-state index in [1.54, 1.807) is 7.11 Å². The summed E-state index contributed by atoms with van der Waals surface area (Å²) in [7, 11) is 1.66. The molecule has 2 aromatic carbocycles. The molecule has 0 aliphatic carbocycles. The van der Waals surface area contributed by atoms with Crippen LogP contribution >= 0.6 is 0 Å². The zero-order valence-electron chi connectivity index (χ0n) is 16.3. The quantitative estimate of drug-likeness (QED) is 0.536. The maximum Gasteiger partial charge on any atom is 0.167 e. The Hall–Kier alpha value is -2.97. The Labute approximate surface area is 167 Å². The number of rotatable bonds is 6. The third-order valence-electron chi connectivity index (χ3n) is 5.61. The molecule has 0 unspecified atom stereocenters. The minimum atomic E-state index is 0.409. The Morgan fingerprint density at radius 1 is 1.21 bits per heavy atom. The van der Waals surface area contributed by atoms with Crippen LogP contribution in [0.1, 0.15) is 30.0 Å². The molecule has 0 spiro atoms. The molecule has 1 saturated heterocycles. The lowest BCUT2D eigenvalue weighted by atomic mass is 9.92. The van der Waals surface area contributed by atoms with Crippen LogP contribution in [0.25, 0.3) is 22.0 Å². The lowest BCUT2D eigenvalue weighted by Gasteiger charge is -2.30. The van der Waals surface area contributed by atoms with Gasteiger partial charge in [0.25, 0.3) is 0 Å². The van der Waals surface area contributed by atoms with E-state index in [1.807, 2.05) is 30.3 Å². The fourth-order valence-electron chi connectivity index (χ4n) is 4.05. The van der Waals surface area contributed by atoms with Gasteiger partial charge in [-0.05, 0) is 36.6 Å². The number of hydrogen-bond acceptors (Lipinski definition) is 7. The van der Waals surface area contributed by atoms with Gasteiger partial charge in [-0.25, -0.2) is 0 Å². The van der Waals surface area contributed by atoms with Gasteiger partial charge in [-0.1, -0.05) is 22.5 Å². The largest absolute Gasteiger partial charge is 0.497 e. The fourth-order valence-corrected chi connectivity index (χ4v) is 4.05. The smallest absolute Gasteiger partial charge is 0.167 e. The van der Waals surface area contributed by atoms with Crippen LogP contribution in [0.4, 0.5) is 0 Å². The van der Waals surface area contributed by atoms with Crippen molar-refractivity contribution in [2.45, 2.75) is 25.2 Å². The molecule has 0 atom stereocenters. The van der Waals surface area contributed by atoms with Gasteiger partial charge < -0.3 is 9.26 Å². The Bertz CT molecular complexity index is 1110. The summed E-state index contributed by atoms with van der Waals surface area (Å²) in [5, 5.41) is 18.5. The highest BCUT2D eigenvalue weighted by atomic mass is 16.7. The van der Waals surface area contributed by atoms with Crippen LogP contribution in [0.15, 0.2) is 40.9 Å². The minimum Gasteiger partial charge on any atom is -0.497 e. The van der Waals surface area contributed by atoms with Crippen LogP contribution in [0.2, 0.25) is 0 Å². The molecule has 1 aliphatic heterocycles. The van der Waals surface area contributed by atoms with Crippen molar-refractivity contribution in [3.8, 4) is 5.75 Å². The third-order valence-corrected chi connectivity index (χ3v) is 5.61. The second-order valence-corrected chi connectivity index (χ2v) is 7.34. The number of methoxy groups -OCH3 is 1. The van der Waals surface area contributed by atoms with Gasteiger partial charge in [-0.15, -0.1) is 5.10 Å². The topological polar surface area (TPSA) is 89.3 Å². The number of hydrogen-bond donors (Lipinski definition) is 1. The maximum atomic E-state index is 6.03. The average molecular weight is 393 g/mol. The van der Waals surface area contributed by atoms with Crippen LogP contribution in [0, 0.1) is 0 Å². The third kappa shape index (κ3) is 3.56. The summed E-state index contributed by atoms with van der Waals surface area (Å²) >= 11 is 0. The zero-order chi connectivity index (χ0) is 19.6. The van der Waals surface area contributed by atoms with Crippen LogP contribution in [0.3, 0.4) is 0 Å². The van der Waals surface area contributed by atoms with Crippen LogP contribution in [0.5, 0.6) is 5.75 Å². The van der Waals surface area contributed by atoms with Crippen molar-refractivity contribution in [2.75, 3.05) is 26.8 Å². The molecular weight excluding hydrogens is 370 g/mol. The van der Waals surface area contributed by atoms with Crippen LogP contribution in [-0.4, -0.2) is 52.4 Å². The molecule has 0 saturated carbocycles. The average Bonchev–Trinajstić information content (AvgIpc) is 3.41.